The van der Waals surface area contributed by atoms with Gasteiger partial charge in [0.2, 0.25) is 0 Å². The molecule has 1 heterocycles. The van der Waals surface area contributed by atoms with Crippen LogP contribution in [0.5, 0.6) is 0 Å². The van der Waals surface area contributed by atoms with Crippen molar-refractivity contribution in [3.05, 3.63) is 41.7 Å². The molecule has 2 aromatic rings. The van der Waals surface area contributed by atoms with Crippen LogP contribution in [0.25, 0.3) is 5.69 Å². The van der Waals surface area contributed by atoms with Crippen LogP contribution in [0.15, 0.2) is 30.6 Å². The largest absolute Gasteiger partial charge is 0.348 e. The Bertz CT molecular complexity index is 638. The maximum absolute atomic E-state index is 12.6. The Balaban J connectivity index is 1.90. The second-order valence-corrected chi connectivity index (χ2v) is 5.51. The van der Waals surface area contributed by atoms with Crippen molar-refractivity contribution in [3.8, 4) is 5.69 Å². The van der Waals surface area contributed by atoms with Gasteiger partial charge in [-0.1, -0.05) is 11.6 Å². The predicted molar refractivity (Wildman–Crippen MR) is 79.2 cm³/mol. The van der Waals surface area contributed by atoms with E-state index in [0.29, 0.717) is 11.3 Å². The maximum Gasteiger partial charge on any atom is 0.253 e. The molecule has 1 aromatic heterocycles. The van der Waals surface area contributed by atoms with Gasteiger partial charge in [-0.15, -0.1) is 0 Å². The Morgan fingerprint density at radius 2 is 2.10 bits per heavy atom. The van der Waals surface area contributed by atoms with Gasteiger partial charge in [0, 0.05) is 12.1 Å². The van der Waals surface area contributed by atoms with Crippen molar-refractivity contribution in [2.24, 2.45) is 5.73 Å². The van der Waals surface area contributed by atoms with Crippen LogP contribution in [-0.2, 0) is 0 Å². The van der Waals surface area contributed by atoms with Gasteiger partial charge in [0.1, 0.15) is 0 Å². The minimum absolute atomic E-state index is 0.0463. The molecule has 3 N–H and O–H groups in total. The molecule has 2 atom stereocenters. The normalized spacial score (nSPS) is 21.4. The lowest BCUT2D eigenvalue weighted by Gasteiger charge is -2.18. The Morgan fingerprint density at radius 1 is 1.33 bits per heavy atom. The summed E-state index contributed by atoms with van der Waals surface area (Å²) in [5.74, 6) is -0.117. The first-order chi connectivity index (χ1) is 10.1. The molecule has 21 heavy (non-hydrogen) atoms. The average molecular weight is 285 g/mol. The fraction of sp³-hybridized carbons (Fsp3) is 0.400. The summed E-state index contributed by atoms with van der Waals surface area (Å²) in [4.78, 5) is 14.0. The highest BCUT2D eigenvalue weighted by Crippen LogP contribution is 2.19. The Kier molecular flexibility index (Phi) is 3.70. The number of hydrogen-bond acceptors (Lipinski definition) is 4. The third-order valence-electron chi connectivity index (χ3n) is 3.92. The van der Waals surface area contributed by atoms with Gasteiger partial charge in [0.05, 0.1) is 23.6 Å². The lowest BCUT2D eigenvalue weighted by Crippen LogP contribution is -2.44. The van der Waals surface area contributed by atoms with Gasteiger partial charge in [0.15, 0.2) is 0 Å². The minimum atomic E-state index is -0.117. The first kappa shape index (κ1) is 13.8. The number of hydrogen-bond donors (Lipinski definition) is 2. The summed E-state index contributed by atoms with van der Waals surface area (Å²) in [6, 6.07) is 5.76. The zero-order valence-corrected chi connectivity index (χ0v) is 12.0. The second-order valence-electron chi connectivity index (χ2n) is 5.51. The average Bonchev–Trinajstić information content (AvgIpc) is 3.11. The number of nitrogens with one attached hydrogen (secondary N) is 1. The van der Waals surface area contributed by atoms with Crippen molar-refractivity contribution < 1.29 is 4.79 Å². The molecule has 0 aliphatic heterocycles. The Morgan fingerprint density at radius 3 is 2.76 bits per heavy atom. The lowest BCUT2D eigenvalue weighted by atomic mass is 10.1. The molecule has 6 nitrogen and oxygen atoms in total. The monoisotopic (exact) mass is 285 g/mol. The maximum atomic E-state index is 12.6. The van der Waals surface area contributed by atoms with Crippen molar-refractivity contribution in [1.82, 2.24) is 20.3 Å². The van der Waals surface area contributed by atoms with Gasteiger partial charge in [-0.05, 0) is 38.3 Å². The summed E-state index contributed by atoms with van der Waals surface area (Å²) in [6.45, 7) is 1.96. The SMILES string of the molecule is Cc1ccc(-n2nccn2)c(C(=O)N[C@@H]2CCC[C@@H]2N)c1. The highest BCUT2D eigenvalue weighted by Gasteiger charge is 2.26. The number of carbonyl (C=O) groups is 1. The van der Waals surface area contributed by atoms with Crippen LogP contribution < -0.4 is 11.1 Å². The molecule has 0 saturated heterocycles. The molecule has 110 valence electrons. The van der Waals surface area contributed by atoms with Gasteiger partial charge in [0.25, 0.3) is 5.91 Å². The molecule has 1 amide bonds. The van der Waals surface area contributed by atoms with E-state index in [-0.39, 0.29) is 18.0 Å². The van der Waals surface area contributed by atoms with Crippen LogP contribution in [-0.4, -0.2) is 33.0 Å². The van der Waals surface area contributed by atoms with Crippen LogP contribution >= 0.6 is 0 Å². The predicted octanol–water partition coefficient (Wildman–Crippen LogP) is 1.19. The van der Waals surface area contributed by atoms with Crippen molar-refractivity contribution in [2.75, 3.05) is 0 Å². The quantitative estimate of drug-likeness (QED) is 0.887. The van der Waals surface area contributed by atoms with E-state index in [2.05, 4.69) is 15.5 Å². The third kappa shape index (κ3) is 2.80. The van der Waals surface area contributed by atoms with Crippen LogP contribution in [0.1, 0.15) is 35.2 Å². The first-order valence-corrected chi connectivity index (χ1v) is 7.19. The summed E-state index contributed by atoms with van der Waals surface area (Å²) < 4.78 is 0. The number of amides is 1. The molecule has 0 bridgehead atoms. The highest BCUT2D eigenvalue weighted by molar-refractivity contribution is 5.98. The molecule has 3 rings (SSSR count). The molecule has 6 heteroatoms. The fourth-order valence-corrected chi connectivity index (χ4v) is 2.76. The van der Waals surface area contributed by atoms with Crippen LogP contribution in [0.4, 0.5) is 0 Å². The number of aryl methyl sites for hydroxylation is 1. The van der Waals surface area contributed by atoms with Crippen LogP contribution in [0, 0.1) is 6.92 Å². The number of benzene rings is 1. The summed E-state index contributed by atoms with van der Waals surface area (Å²) in [5, 5.41) is 11.3. The first-order valence-electron chi connectivity index (χ1n) is 7.19. The summed E-state index contributed by atoms with van der Waals surface area (Å²) in [6.07, 6.45) is 6.15. The zero-order chi connectivity index (χ0) is 14.8. The van der Waals surface area contributed by atoms with E-state index in [0.717, 1.165) is 24.8 Å². The van der Waals surface area contributed by atoms with E-state index in [4.69, 9.17) is 5.73 Å². The fourth-order valence-electron chi connectivity index (χ4n) is 2.76. The van der Waals surface area contributed by atoms with E-state index in [1.54, 1.807) is 12.4 Å². The number of nitrogens with zero attached hydrogens (tertiary/aromatic N) is 3. The van der Waals surface area contributed by atoms with Gasteiger partial charge < -0.3 is 11.1 Å². The van der Waals surface area contributed by atoms with Crippen molar-refractivity contribution in [2.45, 2.75) is 38.3 Å². The third-order valence-corrected chi connectivity index (χ3v) is 3.92. The number of carbonyl (C=O) groups excluding carboxylic acids is 1. The molecular weight excluding hydrogens is 266 g/mol. The summed E-state index contributed by atoms with van der Waals surface area (Å²) in [5.41, 5.74) is 8.29. The van der Waals surface area contributed by atoms with Gasteiger partial charge in [-0.2, -0.15) is 15.0 Å². The summed E-state index contributed by atoms with van der Waals surface area (Å²) in [7, 11) is 0. The molecule has 1 aliphatic carbocycles. The topological polar surface area (TPSA) is 85.8 Å². The van der Waals surface area contributed by atoms with Gasteiger partial charge in [-0.3, -0.25) is 4.79 Å². The molecule has 1 fully saturated rings. The van der Waals surface area contributed by atoms with E-state index >= 15 is 0 Å². The Hall–Kier alpha value is -2.21. The number of rotatable bonds is 3. The van der Waals surface area contributed by atoms with Crippen molar-refractivity contribution >= 4 is 5.91 Å². The molecule has 1 aromatic carbocycles. The second kappa shape index (κ2) is 5.65. The highest BCUT2D eigenvalue weighted by atomic mass is 16.1. The van der Waals surface area contributed by atoms with Crippen molar-refractivity contribution in [1.29, 1.82) is 0 Å². The van der Waals surface area contributed by atoms with E-state index in [1.165, 1.54) is 4.80 Å². The van der Waals surface area contributed by atoms with Gasteiger partial charge >= 0.3 is 0 Å². The Labute approximate surface area is 123 Å². The lowest BCUT2D eigenvalue weighted by molar-refractivity contribution is 0.0934. The van der Waals surface area contributed by atoms with Gasteiger partial charge in [-0.25, -0.2) is 0 Å². The minimum Gasteiger partial charge on any atom is -0.348 e. The molecule has 0 unspecified atom stereocenters. The number of aromatic nitrogens is 3. The zero-order valence-electron chi connectivity index (χ0n) is 12.0. The molecule has 1 saturated carbocycles. The summed E-state index contributed by atoms with van der Waals surface area (Å²) >= 11 is 0. The molecule has 0 spiro atoms. The molecular formula is C15H19N5O. The van der Waals surface area contributed by atoms with E-state index in [9.17, 15) is 4.79 Å². The van der Waals surface area contributed by atoms with Crippen LogP contribution in [0.2, 0.25) is 0 Å². The standard InChI is InChI=1S/C15H19N5O/c1-10-5-6-14(20-17-7-8-18-20)11(9-10)15(21)19-13-4-2-3-12(13)16/h5-9,12-13H,2-4,16H2,1H3,(H,19,21)/t12-,13+/m0/s1. The number of nitrogens with two attached hydrogens (primary N) is 1. The molecule has 1 aliphatic rings. The molecule has 0 radical (unpaired) electrons. The van der Waals surface area contributed by atoms with Crippen molar-refractivity contribution in [3.63, 3.8) is 0 Å². The van der Waals surface area contributed by atoms with E-state index < -0.39 is 0 Å². The van der Waals surface area contributed by atoms with Crippen LogP contribution in [0.3, 0.4) is 0 Å². The van der Waals surface area contributed by atoms with E-state index in [1.807, 2.05) is 25.1 Å². The smallest absolute Gasteiger partial charge is 0.253 e.